The van der Waals surface area contributed by atoms with E-state index in [1.54, 1.807) is 9.80 Å². The van der Waals surface area contributed by atoms with Crippen LogP contribution in [0, 0.1) is 6.92 Å². The number of piperidine rings is 1. The summed E-state index contributed by atoms with van der Waals surface area (Å²) in [6.45, 7) is 4.24. The van der Waals surface area contributed by atoms with Crippen molar-refractivity contribution in [2.45, 2.75) is 32.4 Å². The summed E-state index contributed by atoms with van der Waals surface area (Å²) < 4.78 is 24.6. The first-order valence-electron chi connectivity index (χ1n) is 8.86. The van der Waals surface area contributed by atoms with E-state index in [0.717, 1.165) is 11.1 Å². The summed E-state index contributed by atoms with van der Waals surface area (Å²) in [5.74, 6) is -0.941. The third-order valence-corrected chi connectivity index (χ3v) is 6.47. The van der Waals surface area contributed by atoms with Crippen LogP contribution in [-0.4, -0.2) is 72.8 Å². The van der Waals surface area contributed by atoms with Gasteiger partial charge in [-0.05, 0) is 25.3 Å². The van der Waals surface area contributed by atoms with Crippen molar-refractivity contribution in [3.8, 4) is 0 Å². The number of aryl methyl sites for hydroxylation is 1. The lowest BCUT2D eigenvalue weighted by Gasteiger charge is -2.41. The quantitative estimate of drug-likeness (QED) is 0.718. The highest BCUT2D eigenvalue weighted by Gasteiger charge is 2.38. The van der Waals surface area contributed by atoms with Gasteiger partial charge in [0.2, 0.25) is 10.0 Å². The van der Waals surface area contributed by atoms with Crippen LogP contribution in [0.1, 0.15) is 24.0 Å². The highest BCUT2D eigenvalue weighted by atomic mass is 32.2. The lowest BCUT2D eigenvalue weighted by molar-refractivity contribution is -0.158. The van der Waals surface area contributed by atoms with E-state index < -0.39 is 21.8 Å². The minimum atomic E-state index is -3.20. The number of carbonyl (C=O) groups excluding carboxylic acids is 2. The molecule has 0 aromatic heterocycles. The molecule has 2 aliphatic rings. The first kappa shape index (κ1) is 18.8. The Morgan fingerprint density at radius 1 is 0.962 bits per heavy atom. The Morgan fingerprint density at radius 2 is 1.58 bits per heavy atom. The van der Waals surface area contributed by atoms with E-state index in [0.29, 0.717) is 45.6 Å². The van der Waals surface area contributed by atoms with Crippen LogP contribution < -0.4 is 0 Å². The highest BCUT2D eigenvalue weighted by molar-refractivity contribution is 7.88. The zero-order valence-corrected chi connectivity index (χ0v) is 16.0. The third-order valence-electron chi connectivity index (χ3n) is 5.17. The Balaban J connectivity index is 1.60. The first-order valence-corrected chi connectivity index (χ1v) is 10.7. The summed E-state index contributed by atoms with van der Waals surface area (Å²) in [6, 6.07) is 7.87. The minimum Gasteiger partial charge on any atom is -0.330 e. The zero-order valence-electron chi connectivity index (χ0n) is 15.2. The molecule has 0 radical (unpaired) electrons. The van der Waals surface area contributed by atoms with Crippen molar-refractivity contribution in [2.75, 3.05) is 32.4 Å². The maximum absolute atomic E-state index is 12.6. The van der Waals surface area contributed by atoms with Crippen molar-refractivity contribution in [2.24, 2.45) is 0 Å². The molecule has 7 nitrogen and oxygen atoms in total. The van der Waals surface area contributed by atoms with Crippen LogP contribution in [0.3, 0.4) is 0 Å². The highest BCUT2D eigenvalue weighted by Crippen LogP contribution is 2.21. The van der Waals surface area contributed by atoms with Crippen molar-refractivity contribution in [1.29, 1.82) is 0 Å². The molecule has 1 aromatic carbocycles. The first-order chi connectivity index (χ1) is 12.3. The van der Waals surface area contributed by atoms with Crippen molar-refractivity contribution < 1.29 is 18.0 Å². The number of benzene rings is 1. The minimum absolute atomic E-state index is 0.0639. The van der Waals surface area contributed by atoms with Crippen molar-refractivity contribution in [3.63, 3.8) is 0 Å². The Kier molecular flexibility index (Phi) is 5.34. The average molecular weight is 379 g/mol. The van der Waals surface area contributed by atoms with Gasteiger partial charge in [-0.15, -0.1) is 0 Å². The topological polar surface area (TPSA) is 78.0 Å². The van der Waals surface area contributed by atoms with Crippen LogP contribution in [0.2, 0.25) is 0 Å². The molecule has 1 aromatic rings. The molecule has 8 heteroatoms. The van der Waals surface area contributed by atoms with E-state index in [1.165, 1.54) is 10.6 Å². The molecule has 142 valence electrons. The van der Waals surface area contributed by atoms with E-state index in [2.05, 4.69) is 0 Å². The van der Waals surface area contributed by atoms with E-state index >= 15 is 0 Å². The average Bonchev–Trinajstić information content (AvgIpc) is 2.60. The molecule has 2 saturated heterocycles. The summed E-state index contributed by atoms with van der Waals surface area (Å²) in [7, 11) is -3.20. The predicted molar refractivity (Wildman–Crippen MR) is 97.7 cm³/mol. The molecule has 26 heavy (non-hydrogen) atoms. The lowest BCUT2D eigenvalue weighted by Crippen LogP contribution is -2.58. The fraction of sp³-hybridized carbons (Fsp3) is 0.556. The fourth-order valence-corrected chi connectivity index (χ4v) is 4.46. The number of hydrogen-bond acceptors (Lipinski definition) is 4. The number of piperazine rings is 1. The summed E-state index contributed by atoms with van der Waals surface area (Å²) in [5, 5.41) is 0. The molecule has 0 bridgehead atoms. The van der Waals surface area contributed by atoms with Crippen LogP contribution in [-0.2, 0) is 26.2 Å². The predicted octanol–water partition coefficient (Wildman–Crippen LogP) is 0.590. The molecule has 2 heterocycles. The molecule has 3 rings (SSSR count). The fourth-order valence-electron chi connectivity index (χ4n) is 3.59. The van der Waals surface area contributed by atoms with Crippen LogP contribution in [0.5, 0.6) is 0 Å². The number of amides is 2. The number of nitrogens with zero attached hydrogens (tertiary/aromatic N) is 3. The van der Waals surface area contributed by atoms with Crippen molar-refractivity contribution >= 4 is 21.8 Å². The maximum Gasteiger partial charge on any atom is 0.312 e. The molecule has 2 fully saturated rings. The summed E-state index contributed by atoms with van der Waals surface area (Å²) in [4.78, 5) is 28.3. The molecular formula is C18H25N3O4S. The van der Waals surface area contributed by atoms with E-state index in [-0.39, 0.29) is 6.04 Å². The zero-order chi connectivity index (χ0) is 18.9. The Labute approximate surface area is 154 Å². The SMILES string of the molecule is Cc1ccc(CN2CCN(C3CCN(S(C)(=O)=O)CC3)C(=O)C2=O)cc1. The van der Waals surface area contributed by atoms with Gasteiger partial charge in [-0.2, -0.15) is 0 Å². The number of rotatable bonds is 4. The van der Waals surface area contributed by atoms with Crippen molar-refractivity contribution in [1.82, 2.24) is 14.1 Å². The largest absolute Gasteiger partial charge is 0.330 e. The van der Waals surface area contributed by atoms with Crippen LogP contribution in [0.15, 0.2) is 24.3 Å². The smallest absolute Gasteiger partial charge is 0.312 e. The van der Waals surface area contributed by atoms with Gasteiger partial charge < -0.3 is 9.80 Å². The van der Waals surface area contributed by atoms with Crippen molar-refractivity contribution in [3.05, 3.63) is 35.4 Å². The number of carbonyl (C=O) groups is 2. The molecule has 0 spiro atoms. The van der Waals surface area contributed by atoms with Crippen LogP contribution in [0.25, 0.3) is 0 Å². The van der Waals surface area contributed by atoms with Gasteiger partial charge in [0.15, 0.2) is 0 Å². The van der Waals surface area contributed by atoms with Gasteiger partial charge in [0, 0.05) is 38.8 Å². The second-order valence-corrected chi connectivity index (χ2v) is 9.09. The Bertz CT molecular complexity index is 783. The number of sulfonamides is 1. The molecule has 2 aliphatic heterocycles. The number of hydrogen-bond donors (Lipinski definition) is 0. The van der Waals surface area contributed by atoms with Gasteiger partial charge in [0.1, 0.15) is 0 Å². The molecule has 0 saturated carbocycles. The summed E-state index contributed by atoms with van der Waals surface area (Å²) >= 11 is 0. The van der Waals surface area contributed by atoms with E-state index in [1.807, 2.05) is 31.2 Å². The summed E-state index contributed by atoms with van der Waals surface area (Å²) in [6.07, 6.45) is 2.35. The van der Waals surface area contributed by atoms with Gasteiger partial charge in [0.05, 0.1) is 6.26 Å². The van der Waals surface area contributed by atoms with Crippen LogP contribution in [0.4, 0.5) is 0 Å². The van der Waals surface area contributed by atoms with Gasteiger partial charge >= 0.3 is 11.8 Å². The van der Waals surface area contributed by atoms with E-state index in [9.17, 15) is 18.0 Å². The van der Waals surface area contributed by atoms with Crippen LogP contribution >= 0.6 is 0 Å². The standard InChI is InChI=1S/C18H25N3O4S/c1-14-3-5-15(6-4-14)13-19-11-12-21(18(23)17(19)22)16-7-9-20(10-8-16)26(2,24)25/h3-6,16H,7-13H2,1-2H3. The maximum atomic E-state index is 12.6. The molecule has 2 amide bonds. The second kappa shape index (κ2) is 7.36. The lowest BCUT2D eigenvalue weighted by atomic mass is 10.0. The Morgan fingerprint density at radius 3 is 2.15 bits per heavy atom. The van der Waals surface area contributed by atoms with Gasteiger partial charge in [-0.3, -0.25) is 9.59 Å². The monoisotopic (exact) mass is 379 g/mol. The second-order valence-electron chi connectivity index (χ2n) is 7.10. The third kappa shape index (κ3) is 4.07. The van der Waals surface area contributed by atoms with E-state index in [4.69, 9.17) is 0 Å². The molecule has 0 unspecified atom stereocenters. The van der Waals surface area contributed by atoms with Gasteiger partial charge in [-0.1, -0.05) is 29.8 Å². The van der Waals surface area contributed by atoms with Gasteiger partial charge in [0.25, 0.3) is 0 Å². The van der Waals surface area contributed by atoms with Gasteiger partial charge in [-0.25, -0.2) is 12.7 Å². The Hall–Kier alpha value is -1.93. The molecule has 0 N–H and O–H groups in total. The normalized spacial score (nSPS) is 20.7. The molecule has 0 aliphatic carbocycles. The summed E-state index contributed by atoms with van der Waals surface area (Å²) in [5.41, 5.74) is 2.16. The molecule has 0 atom stereocenters. The molecular weight excluding hydrogens is 354 g/mol.